The maximum Gasteiger partial charge on any atom is 0.317 e. The van der Waals surface area contributed by atoms with Crippen LogP contribution in [0, 0.1) is 0 Å². The molecule has 1 aliphatic rings. The van der Waals surface area contributed by atoms with Gasteiger partial charge in [0.2, 0.25) is 0 Å². The lowest BCUT2D eigenvalue weighted by Crippen LogP contribution is -2.49. The molecular weight excluding hydrogens is 394 g/mol. The molecule has 1 atom stereocenters. The van der Waals surface area contributed by atoms with Gasteiger partial charge in [-0.15, -0.1) is 0 Å². The highest BCUT2D eigenvalue weighted by atomic mass is 79.9. The second-order valence-corrected chi connectivity index (χ2v) is 9.39. The van der Waals surface area contributed by atoms with Crippen molar-refractivity contribution < 1.29 is 13.2 Å². The van der Waals surface area contributed by atoms with E-state index in [0.29, 0.717) is 26.1 Å². The van der Waals surface area contributed by atoms with Gasteiger partial charge >= 0.3 is 6.03 Å². The molecule has 1 heterocycles. The van der Waals surface area contributed by atoms with E-state index in [1.165, 1.54) is 0 Å². The van der Waals surface area contributed by atoms with Crippen LogP contribution in [0.1, 0.15) is 12.0 Å². The fourth-order valence-corrected chi connectivity index (χ4v) is 4.85. The zero-order chi connectivity index (χ0) is 17.7. The molecule has 1 N–H and O–H groups in total. The fraction of sp³-hybridized carbons (Fsp3) is 0.562. The van der Waals surface area contributed by atoms with Gasteiger partial charge in [0.15, 0.2) is 9.84 Å². The summed E-state index contributed by atoms with van der Waals surface area (Å²) in [7, 11) is 0.837. The zero-order valence-electron chi connectivity index (χ0n) is 14.0. The first-order chi connectivity index (χ1) is 11.3. The standard InChI is InChI=1S/C16H24BrN3O3S/c1-19(2)8-9-20(14-7-10-24(22,23)12-14)16(21)18-11-13-5-3-4-6-15(13)17/h3-6,14H,7-12H2,1-2H3,(H,18,21). The number of nitrogens with one attached hydrogen (secondary N) is 1. The first-order valence-electron chi connectivity index (χ1n) is 7.91. The molecule has 0 aliphatic carbocycles. The number of halogens is 1. The molecule has 1 fully saturated rings. The summed E-state index contributed by atoms with van der Waals surface area (Å²) in [5.74, 6) is 0.219. The molecule has 2 amide bonds. The van der Waals surface area contributed by atoms with Gasteiger partial charge < -0.3 is 15.1 Å². The molecule has 0 bridgehead atoms. The molecule has 0 spiro atoms. The summed E-state index contributed by atoms with van der Waals surface area (Å²) in [6.07, 6.45) is 0.512. The largest absolute Gasteiger partial charge is 0.334 e. The predicted molar refractivity (Wildman–Crippen MR) is 98.7 cm³/mol. The Labute approximate surface area is 152 Å². The first kappa shape index (κ1) is 19.2. The quantitative estimate of drug-likeness (QED) is 0.764. The van der Waals surface area contributed by atoms with Gasteiger partial charge in [-0.1, -0.05) is 34.1 Å². The van der Waals surface area contributed by atoms with E-state index in [4.69, 9.17) is 0 Å². The molecule has 1 saturated heterocycles. The van der Waals surface area contributed by atoms with Crippen LogP contribution in [0.15, 0.2) is 28.7 Å². The predicted octanol–water partition coefficient (Wildman–Crippen LogP) is 1.71. The van der Waals surface area contributed by atoms with E-state index in [9.17, 15) is 13.2 Å². The molecule has 24 heavy (non-hydrogen) atoms. The van der Waals surface area contributed by atoms with E-state index in [1.54, 1.807) is 4.90 Å². The van der Waals surface area contributed by atoms with Crippen LogP contribution < -0.4 is 5.32 Å². The van der Waals surface area contributed by atoms with Crippen molar-refractivity contribution >= 4 is 31.8 Å². The Kier molecular flexibility index (Phi) is 6.65. The van der Waals surface area contributed by atoms with Gasteiger partial charge in [0, 0.05) is 30.1 Å². The highest BCUT2D eigenvalue weighted by molar-refractivity contribution is 9.10. The van der Waals surface area contributed by atoms with Crippen LogP contribution in [-0.2, 0) is 16.4 Å². The second kappa shape index (κ2) is 8.31. The van der Waals surface area contributed by atoms with Crippen LogP contribution in [0.3, 0.4) is 0 Å². The first-order valence-corrected chi connectivity index (χ1v) is 10.5. The third-order valence-electron chi connectivity index (χ3n) is 4.09. The Morgan fingerprint density at radius 1 is 1.29 bits per heavy atom. The van der Waals surface area contributed by atoms with Gasteiger partial charge in [-0.2, -0.15) is 0 Å². The van der Waals surface area contributed by atoms with Crippen LogP contribution in [-0.4, -0.2) is 69.0 Å². The Morgan fingerprint density at radius 2 is 2.00 bits per heavy atom. The third kappa shape index (κ3) is 5.46. The zero-order valence-corrected chi connectivity index (χ0v) is 16.4. The van der Waals surface area contributed by atoms with Gasteiger partial charge in [0.05, 0.1) is 11.5 Å². The van der Waals surface area contributed by atoms with Gasteiger partial charge in [-0.3, -0.25) is 0 Å². The van der Waals surface area contributed by atoms with E-state index in [2.05, 4.69) is 21.2 Å². The summed E-state index contributed by atoms with van der Waals surface area (Å²) in [4.78, 5) is 16.3. The SMILES string of the molecule is CN(C)CCN(C(=O)NCc1ccccc1Br)C1CCS(=O)(=O)C1. The average molecular weight is 418 g/mol. The number of likely N-dealkylation sites (N-methyl/N-ethyl adjacent to an activating group) is 1. The van der Waals surface area contributed by atoms with E-state index < -0.39 is 9.84 Å². The van der Waals surface area contributed by atoms with Crippen molar-refractivity contribution in [2.75, 3.05) is 38.7 Å². The maximum absolute atomic E-state index is 12.6. The van der Waals surface area contributed by atoms with Crippen molar-refractivity contribution in [2.24, 2.45) is 0 Å². The molecule has 1 unspecified atom stereocenters. The van der Waals surface area contributed by atoms with Gasteiger partial charge in [0.1, 0.15) is 0 Å². The van der Waals surface area contributed by atoms with Gasteiger partial charge in [0.25, 0.3) is 0 Å². The summed E-state index contributed by atoms with van der Waals surface area (Å²) in [5, 5.41) is 2.91. The lowest BCUT2D eigenvalue weighted by Gasteiger charge is -2.29. The third-order valence-corrected chi connectivity index (χ3v) is 6.61. The summed E-state index contributed by atoms with van der Waals surface area (Å²) in [5.41, 5.74) is 0.984. The number of urea groups is 1. The minimum atomic E-state index is -3.03. The number of carbonyl (C=O) groups excluding carboxylic acids is 1. The lowest BCUT2D eigenvalue weighted by atomic mass is 10.2. The minimum Gasteiger partial charge on any atom is -0.334 e. The number of carbonyl (C=O) groups is 1. The van der Waals surface area contributed by atoms with Crippen LogP contribution in [0.5, 0.6) is 0 Å². The highest BCUT2D eigenvalue weighted by Crippen LogP contribution is 2.19. The molecule has 8 heteroatoms. The Morgan fingerprint density at radius 3 is 2.58 bits per heavy atom. The van der Waals surface area contributed by atoms with Crippen LogP contribution in [0.25, 0.3) is 0 Å². The molecule has 0 radical (unpaired) electrons. The van der Waals surface area contributed by atoms with Gasteiger partial charge in [-0.25, -0.2) is 13.2 Å². The van der Waals surface area contributed by atoms with E-state index in [-0.39, 0.29) is 23.6 Å². The summed E-state index contributed by atoms with van der Waals surface area (Å²) in [6, 6.07) is 7.24. The molecule has 1 aromatic rings. The van der Waals surface area contributed by atoms with Crippen molar-refractivity contribution in [3.05, 3.63) is 34.3 Å². The fourth-order valence-electron chi connectivity index (χ4n) is 2.69. The number of benzene rings is 1. The molecule has 1 aliphatic heterocycles. The summed E-state index contributed by atoms with van der Waals surface area (Å²) < 4.78 is 24.4. The highest BCUT2D eigenvalue weighted by Gasteiger charge is 2.34. The van der Waals surface area contributed by atoms with E-state index in [1.807, 2.05) is 43.3 Å². The van der Waals surface area contributed by atoms with E-state index >= 15 is 0 Å². The smallest absolute Gasteiger partial charge is 0.317 e. The molecule has 134 valence electrons. The second-order valence-electron chi connectivity index (χ2n) is 6.30. The van der Waals surface area contributed by atoms with E-state index in [0.717, 1.165) is 10.0 Å². The lowest BCUT2D eigenvalue weighted by molar-refractivity contribution is 0.172. The number of rotatable bonds is 6. The normalized spacial score (nSPS) is 19.4. The van der Waals surface area contributed by atoms with Crippen LogP contribution in [0.2, 0.25) is 0 Å². The number of hydrogen-bond donors (Lipinski definition) is 1. The minimum absolute atomic E-state index is 0.0584. The summed E-state index contributed by atoms with van der Waals surface area (Å²) >= 11 is 3.46. The van der Waals surface area contributed by atoms with Crippen molar-refractivity contribution in [2.45, 2.75) is 19.0 Å². The maximum atomic E-state index is 12.6. The number of hydrogen-bond acceptors (Lipinski definition) is 4. The average Bonchev–Trinajstić information content (AvgIpc) is 2.86. The van der Waals surface area contributed by atoms with Crippen molar-refractivity contribution in [1.29, 1.82) is 0 Å². The number of nitrogens with zero attached hydrogens (tertiary/aromatic N) is 2. The molecule has 1 aromatic carbocycles. The van der Waals surface area contributed by atoms with Gasteiger partial charge in [-0.05, 0) is 32.1 Å². The molecule has 0 saturated carbocycles. The van der Waals surface area contributed by atoms with Crippen LogP contribution >= 0.6 is 15.9 Å². The number of amides is 2. The monoisotopic (exact) mass is 417 g/mol. The molecule has 6 nitrogen and oxygen atoms in total. The Balaban J connectivity index is 2.02. The van der Waals surface area contributed by atoms with Crippen molar-refractivity contribution in [1.82, 2.24) is 15.1 Å². The Bertz CT molecular complexity index is 679. The van der Waals surface area contributed by atoms with Crippen molar-refractivity contribution in [3.63, 3.8) is 0 Å². The summed E-state index contributed by atoms with van der Waals surface area (Å²) in [6.45, 7) is 1.60. The Hall–Kier alpha value is -1.12. The molecular formula is C16H24BrN3O3S. The van der Waals surface area contributed by atoms with Crippen LogP contribution in [0.4, 0.5) is 4.79 Å². The molecule has 0 aromatic heterocycles. The number of sulfone groups is 1. The molecule has 2 rings (SSSR count). The topological polar surface area (TPSA) is 69.7 Å². The van der Waals surface area contributed by atoms with Crippen molar-refractivity contribution in [3.8, 4) is 0 Å².